The van der Waals surface area contributed by atoms with Crippen molar-refractivity contribution in [1.82, 2.24) is 9.55 Å². The molecule has 0 unspecified atom stereocenters. The van der Waals surface area contributed by atoms with Crippen molar-refractivity contribution >= 4 is 5.69 Å². The van der Waals surface area contributed by atoms with Gasteiger partial charge in [0.2, 0.25) is 11.6 Å². The van der Waals surface area contributed by atoms with E-state index in [4.69, 9.17) is 0 Å². The maximum atomic E-state index is 11.4. The maximum absolute atomic E-state index is 11.4. The molecule has 0 bridgehead atoms. The Labute approximate surface area is 97.1 Å². The first kappa shape index (κ1) is 13.1. The number of aromatic hydroxyl groups is 1. The van der Waals surface area contributed by atoms with Gasteiger partial charge in [-0.15, -0.1) is 4.91 Å². The molecular weight excluding hydrogens is 226 g/mol. The molecule has 1 rings (SSSR count). The summed E-state index contributed by atoms with van der Waals surface area (Å²) in [6.07, 6.45) is 3.67. The number of nitrogens with zero attached hydrogens (tertiary/aromatic N) is 2. The van der Waals surface area contributed by atoms with Gasteiger partial charge in [-0.05, 0) is 11.6 Å². The third-order valence-electron chi connectivity index (χ3n) is 2.47. The van der Waals surface area contributed by atoms with Crippen LogP contribution in [0, 0.1) is 4.91 Å². The summed E-state index contributed by atoms with van der Waals surface area (Å²) in [7, 11) is 0. The van der Waals surface area contributed by atoms with E-state index in [1.165, 1.54) is 0 Å². The van der Waals surface area contributed by atoms with Gasteiger partial charge in [0.05, 0.1) is 0 Å². The van der Waals surface area contributed by atoms with Crippen LogP contribution >= 0.6 is 0 Å². The monoisotopic (exact) mass is 241 g/mol. The molecule has 0 aliphatic carbocycles. The molecule has 1 aromatic rings. The van der Waals surface area contributed by atoms with Crippen molar-refractivity contribution < 1.29 is 5.11 Å². The number of nitrogens with one attached hydrogen (secondary N) is 1. The van der Waals surface area contributed by atoms with Crippen LogP contribution in [0.3, 0.4) is 0 Å². The third kappa shape index (κ3) is 3.02. The highest BCUT2D eigenvalue weighted by Gasteiger charge is 2.14. The van der Waals surface area contributed by atoms with Crippen LogP contribution in [0.5, 0.6) is 5.88 Å². The fraction of sp³-hybridized carbons (Fsp3) is 0.600. The molecule has 1 heterocycles. The molecule has 0 aliphatic heterocycles. The molecule has 7 nitrogen and oxygen atoms in total. The number of hydrogen-bond donors (Lipinski definition) is 2. The van der Waals surface area contributed by atoms with Crippen molar-refractivity contribution in [2.24, 2.45) is 5.18 Å². The lowest BCUT2D eigenvalue weighted by Crippen LogP contribution is -2.29. The summed E-state index contributed by atoms with van der Waals surface area (Å²) in [5.74, 6) is -0.662. The van der Waals surface area contributed by atoms with Crippen molar-refractivity contribution in [3.63, 3.8) is 0 Å². The SMILES string of the molecule is CCCCCCn1c(O)c(N=O)c(=O)[nH]c1=O. The Morgan fingerprint density at radius 2 is 2.00 bits per heavy atom. The second kappa shape index (κ2) is 5.97. The Bertz CT molecular complexity index is 503. The minimum absolute atomic E-state index is 0.254. The fourth-order valence-electron chi connectivity index (χ4n) is 1.54. The number of rotatable bonds is 6. The first-order chi connectivity index (χ1) is 8.11. The molecule has 0 aromatic carbocycles. The predicted molar refractivity (Wildman–Crippen MR) is 62.6 cm³/mol. The third-order valence-corrected chi connectivity index (χ3v) is 2.47. The molecular formula is C10H15N3O4. The summed E-state index contributed by atoms with van der Waals surface area (Å²) >= 11 is 0. The quantitative estimate of drug-likeness (QED) is 0.577. The lowest BCUT2D eigenvalue weighted by molar-refractivity contribution is 0.395. The van der Waals surface area contributed by atoms with Gasteiger partial charge in [-0.3, -0.25) is 14.3 Å². The van der Waals surface area contributed by atoms with E-state index in [-0.39, 0.29) is 6.54 Å². The lowest BCUT2D eigenvalue weighted by Gasteiger charge is -2.07. The molecule has 94 valence electrons. The summed E-state index contributed by atoms with van der Waals surface area (Å²) in [6.45, 7) is 2.31. The normalized spacial score (nSPS) is 10.4. The van der Waals surface area contributed by atoms with Crippen molar-refractivity contribution in [1.29, 1.82) is 0 Å². The van der Waals surface area contributed by atoms with E-state index >= 15 is 0 Å². The van der Waals surface area contributed by atoms with Gasteiger partial charge in [-0.2, -0.15) is 0 Å². The zero-order valence-corrected chi connectivity index (χ0v) is 9.60. The molecule has 0 amide bonds. The average molecular weight is 241 g/mol. The van der Waals surface area contributed by atoms with Crippen molar-refractivity contribution in [2.75, 3.05) is 0 Å². The van der Waals surface area contributed by atoms with Crippen molar-refractivity contribution in [3.8, 4) is 5.88 Å². The molecule has 0 saturated carbocycles. The van der Waals surface area contributed by atoms with E-state index in [0.29, 0.717) is 6.42 Å². The van der Waals surface area contributed by atoms with E-state index in [9.17, 15) is 19.6 Å². The van der Waals surface area contributed by atoms with E-state index in [2.05, 4.69) is 12.1 Å². The van der Waals surface area contributed by atoms with Crippen LogP contribution in [0.25, 0.3) is 0 Å². The Hall–Kier alpha value is -1.92. The minimum atomic E-state index is -0.965. The number of aromatic nitrogens is 2. The molecule has 0 fully saturated rings. The van der Waals surface area contributed by atoms with Crippen LogP contribution in [0.1, 0.15) is 32.6 Å². The highest BCUT2D eigenvalue weighted by Crippen LogP contribution is 2.18. The Morgan fingerprint density at radius 1 is 1.29 bits per heavy atom. The summed E-state index contributed by atoms with van der Waals surface area (Å²) in [5.41, 5.74) is -2.34. The van der Waals surface area contributed by atoms with Gasteiger partial charge in [-0.1, -0.05) is 26.2 Å². The first-order valence-corrected chi connectivity index (χ1v) is 5.51. The largest absolute Gasteiger partial charge is 0.493 e. The smallest absolute Gasteiger partial charge is 0.331 e. The van der Waals surface area contributed by atoms with Crippen molar-refractivity contribution in [2.45, 2.75) is 39.2 Å². The number of aromatic amines is 1. The fourth-order valence-corrected chi connectivity index (χ4v) is 1.54. The molecule has 0 aliphatic rings. The minimum Gasteiger partial charge on any atom is -0.493 e. The highest BCUT2D eigenvalue weighted by atomic mass is 16.3. The zero-order valence-electron chi connectivity index (χ0n) is 9.60. The summed E-state index contributed by atoms with van der Waals surface area (Å²) in [5, 5.41) is 12.0. The van der Waals surface area contributed by atoms with Gasteiger partial charge in [0.25, 0.3) is 5.56 Å². The Kier molecular flexibility index (Phi) is 4.62. The van der Waals surface area contributed by atoms with E-state index < -0.39 is 22.8 Å². The molecule has 0 saturated heterocycles. The molecule has 0 atom stereocenters. The van der Waals surface area contributed by atoms with Crippen LogP contribution in [0.15, 0.2) is 14.8 Å². The molecule has 17 heavy (non-hydrogen) atoms. The molecule has 2 N–H and O–H groups in total. The second-order valence-corrected chi connectivity index (χ2v) is 3.74. The predicted octanol–water partition coefficient (Wildman–Crippen LogP) is 1.22. The van der Waals surface area contributed by atoms with E-state index in [0.717, 1.165) is 23.8 Å². The van der Waals surface area contributed by atoms with Gasteiger partial charge >= 0.3 is 5.69 Å². The molecule has 7 heteroatoms. The number of nitroso groups, excluding NO2 is 1. The van der Waals surface area contributed by atoms with Crippen LogP contribution < -0.4 is 11.2 Å². The molecule has 1 aromatic heterocycles. The lowest BCUT2D eigenvalue weighted by atomic mass is 10.2. The van der Waals surface area contributed by atoms with Crippen LogP contribution in [0.2, 0.25) is 0 Å². The maximum Gasteiger partial charge on any atom is 0.331 e. The second-order valence-electron chi connectivity index (χ2n) is 3.74. The zero-order chi connectivity index (χ0) is 12.8. The van der Waals surface area contributed by atoms with Gasteiger partial charge < -0.3 is 5.11 Å². The van der Waals surface area contributed by atoms with Crippen LogP contribution in [-0.2, 0) is 6.54 Å². The highest BCUT2D eigenvalue weighted by molar-refractivity contribution is 5.43. The van der Waals surface area contributed by atoms with E-state index in [1.54, 1.807) is 0 Å². The number of H-pyrrole nitrogens is 1. The summed E-state index contributed by atoms with van der Waals surface area (Å²) in [4.78, 5) is 34.8. The molecule has 0 spiro atoms. The molecule has 0 radical (unpaired) electrons. The number of unbranched alkanes of at least 4 members (excludes halogenated alkanes) is 3. The standard InChI is InChI=1S/C10H15N3O4/c1-2-3-4-5-6-13-9(15)7(12-17)8(14)11-10(13)16/h15H,2-6H2,1H3,(H,11,14,16). The van der Waals surface area contributed by atoms with Gasteiger partial charge in [0.1, 0.15) is 0 Å². The van der Waals surface area contributed by atoms with Gasteiger partial charge in [0.15, 0.2) is 0 Å². The average Bonchev–Trinajstić information content (AvgIpc) is 2.28. The topological polar surface area (TPSA) is 105 Å². The van der Waals surface area contributed by atoms with Crippen LogP contribution in [-0.4, -0.2) is 14.7 Å². The summed E-state index contributed by atoms with van der Waals surface area (Å²) < 4.78 is 0.952. The summed E-state index contributed by atoms with van der Waals surface area (Å²) in [6, 6.07) is 0. The first-order valence-electron chi connectivity index (χ1n) is 5.51. The number of hydrogen-bond acceptors (Lipinski definition) is 5. The van der Waals surface area contributed by atoms with Crippen molar-refractivity contribution in [3.05, 3.63) is 25.7 Å². The van der Waals surface area contributed by atoms with Crippen LogP contribution in [0.4, 0.5) is 5.69 Å². The van der Waals surface area contributed by atoms with Gasteiger partial charge in [-0.25, -0.2) is 4.79 Å². The van der Waals surface area contributed by atoms with Gasteiger partial charge in [0, 0.05) is 6.54 Å². The van der Waals surface area contributed by atoms with E-state index in [1.807, 2.05) is 4.98 Å². The Morgan fingerprint density at radius 3 is 2.59 bits per heavy atom. The Balaban J connectivity index is 2.96.